The molecule has 0 radical (unpaired) electrons. The lowest BCUT2D eigenvalue weighted by Gasteiger charge is -2.29. The van der Waals surface area contributed by atoms with Gasteiger partial charge in [0.1, 0.15) is 0 Å². The van der Waals surface area contributed by atoms with Gasteiger partial charge in [-0.3, -0.25) is 4.68 Å². The Morgan fingerprint density at radius 2 is 2.53 bits per heavy atom. The second-order valence-electron chi connectivity index (χ2n) is 4.22. The lowest BCUT2D eigenvalue weighted by Crippen LogP contribution is -2.42. The summed E-state index contributed by atoms with van der Waals surface area (Å²) in [6, 6.07) is 0. The summed E-state index contributed by atoms with van der Waals surface area (Å²) in [5, 5.41) is 12.8. The van der Waals surface area contributed by atoms with Gasteiger partial charge in [0.05, 0.1) is 24.9 Å². The van der Waals surface area contributed by atoms with E-state index in [0.717, 1.165) is 13.1 Å². The fourth-order valence-corrected chi connectivity index (χ4v) is 1.88. The fourth-order valence-electron chi connectivity index (χ4n) is 1.88. The molecule has 1 unspecified atom stereocenters. The molecule has 0 bridgehead atoms. The first kappa shape index (κ1) is 11.9. The van der Waals surface area contributed by atoms with Crippen LogP contribution in [-0.2, 0) is 11.3 Å². The first-order valence-electron chi connectivity index (χ1n) is 5.42. The van der Waals surface area contributed by atoms with Gasteiger partial charge in [0.2, 0.25) is 0 Å². The highest BCUT2D eigenvalue weighted by Crippen LogP contribution is 2.11. The third-order valence-corrected chi connectivity index (χ3v) is 2.73. The van der Waals surface area contributed by atoms with Gasteiger partial charge in [-0.2, -0.15) is 5.10 Å². The first-order chi connectivity index (χ1) is 8.06. The van der Waals surface area contributed by atoms with Crippen LogP contribution in [0.25, 0.3) is 0 Å². The van der Waals surface area contributed by atoms with Gasteiger partial charge in [0.25, 0.3) is 0 Å². The van der Waals surface area contributed by atoms with Crippen LogP contribution in [0.5, 0.6) is 0 Å². The molecule has 7 heteroatoms. The molecule has 0 aliphatic carbocycles. The van der Waals surface area contributed by atoms with Gasteiger partial charge in [-0.25, -0.2) is 4.79 Å². The summed E-state index contributed by atoms with van der Waals surface area (Å²) in [5.74, 6) is -1.11. The molecule has 1 aromatic rings. The number of nitrogens with two attached hydrogens (primary N) is 1. The van der Waals surface area contributed by atoms with Crippen molar-refractivity contribution in [1.82, 2.24) is 14.7 Å². The molecule has 1 fully saturated rings. The third kappa shape index (κ3) is 2.75. The van der Waals surface area contributed by atoms with Gasteiger partial charge in [0, 0.05) is 19.3 Å². The molecule has 3 N–H and O–H groups in total. The smallest absolute Gasteiger partial charge is 0.358 e. The largest absolute Gasteiger partial charge is 0.476 e. The predicted molar refractivity (Wildman–Crippen MR) is 60.8 cm³/mol. The van der Waals surface area contributed by atoms with Crippen molar-refractivity contribution in [1.29, 1.82) is 0 Å². The molecule has 1 aliphatic rings. The van der Waals surface area contributed by atoms with Crippen LogP contribution in [0.1, 0.15) is 10.5 Å². The average Bonchev–Trinajstić information content (AvgIpc) is 2.59. The standard InChI is InChI=1S/C10H16N4O3/c1-13-2-3-17-7(4-13)5-14-6-8(11)9(12-14)10(15)16/h6-7H,2-5,11H2,1H3,(H,15,16). The Morgan fingerprint density at radius 3 is 3.12 bits per heavy atom. The molecular weight excluding hydrogens is 224 g/mol. The van der Waals surface area contributed by atoms with E-state index in [9.17, 15) is 4.79 Å². The molecule has 0 spiro atoms. The molecule has 17 heavy (non-hydrogen) atoms. The summed E-state index contributed by atoms with van der Waals surface area (Å²) >= 11 is 0. The summed E-state index contributed by atoms with van der Waals surface area (Å²) in [6.45, 7) is 2.92. The highest BCUT2D eigenvalue weighted by atomic mass is 16.5. The quantitative estimate of drug-likeness (QED) is 0.739. The van der Waals surface area contributed by atoms with Crippen LogP contribution in [0, 0.1) is 0 Å². The van der Waals surface area contributed by atoms with Crippen molar-refractivity contribution in [2.45, 2.75) is 12.6 Å². The van der Waals surface area contributed by atoms with Crippen molar-refractivity contribution in [3.63, 3.8) is 0 Å². The predicted octanol–water partition coefficient (Wildman–Crippen LogP) is -0.506. The maximum atomic E-state index is 10.8. The minimum absolute atomic E-state index is 0.0229. The van der Waals surface area contributed by atoms with Crippen molar-refractivity contribution in [2.75, 3.05) is 32.5 Å². The number of nitrogen functional groups attached to an aromatic ring is 1. The number of morpholine rings is 1. The van der Waals surface area contributed by atoms with Crippen molar-refractivity contribution < 1.29 is 14.6 Å². The highest BCUT2D eigenvalue weighted by molar-refractivity contribution is 5.91. The molecule has 1 saturated heterocycles. The van der Waals surface area contributed by atoms with E-state index in [0.29, 0.717) is 13.2 Å². The van der Waals surface area contributed by atoms with E-state index >= 15 is 0 Å². The summed E-state index contributed by atoms with van der Waals surface area (Å²) in [7, 11) is 2.02. The Morgan fingerprint density at radius 1 is 1.76 bits per heavy atom. The Kier molecular flexibility index (Phi) is 3.30. The van der Waals surface area contributed by atoms with Gasteiger partial charge in [-0.05, 0) is 7.05 Å². The van der Waals surface area contributed by atoms with E-state index in [-0.39, 0.29) is 17.5 Å². The molecule has 2 rings (SSSR count). The van der Waals surface area contributed by atoms with Crippen LogP contribution < -0.4 is 5.73 Å². The normalized spacial score (nSPS) is 21.6. The number of hydrogen-bond donors (Lipinski definition) is 2. The van der Waals surface area contributed by atoms with Crippen molar-refractivity contribution in [3.8, 4) is 0 Å². The zero-order valence-corrected chi connectivity index (χ0v) is 9.67. The van der Waals surface area contributed by atoms with Gasteiger partial charge >= 0.3 is 5.97 Å². The SMILES string of the molecule is CN1CCOC(Cn2cc(N)c(C(=O)O)n2)C1. The van der Waals surface area contributed by atoms with Crippen LogP contribution in [0.2, 0.25) is 0 Å². The maximum absolute atomic E-state index is 10.8. The molecule has 7 nitrogen and oxygen atoms in total. The second kappa shape index (κ2) is 4.72. The third-order valence-electron chi connectivity index (χ3n) is 2.73. The minimum Gasteiger partial charge on any atom is -0.476 e. The van der Waals surface area contributed by atoms with E-state index < -0.39 is 5.97 Å². The molecule has 1 aromatic heterocycles. The maximum Gasteiger partial charge on any atom is 0.358 e. The molecule has 1 atom stereocenters. The second-order valence-corrected chi connectivity index (χ2v) is 4.22. The number of carboxylic acid groups (broad SMARTS) is 1. The number of hydrogen-bond acceptors (Lipinski definition) is 5. The number of aromatic carboxylic acids is 1. The summed E-state index contributed by atoms with van der Waals surface area (Å²) in [5.41, 5.74) is 5.64. The summed E-state index contributed by atoms with van der Waals surface area (Å²) < 4.78 is 7.10. The minimum atomic E-state index is -1.11. The van der Waals surface area contributed by atoms with Crippen LogP contribution in [-0.4, -0.2) is 58.6 Å². The molecule has 0 aromatic carbocycles. The van der Waals surface area contributed by atoms with Gasteiger partial charge in [-0.15, -0.1) is 0 Å². The van der Waals surface area contributed by atoms with Gasteiger partial charge in [0.15, 0.2) is 5.69 Å². The van der Waals surface area contributed by atoms with Crippen LogP contribution in [0.15, 0.2) is 6.20 Å². The van der Waals surface area contributed by atoms with Crippen molar-refractivity contribution in [2.24, 2.45) is 0 Å². The van der Waals surface area contributed by atoms with Crippen LogP contribution >= 0.6 is 0 Å². The Labute approximate surface area is 98.8 Å². The van der Waals surface area contributed by atoms with E-state index in [1.54, 1.807) is 0 Å². The zero-order chi connectivity index (χ0) is 12.4. The molecule has 0 amide bonds. The molecule has 1 aliphatic heterocycles. The topological polar surface area (TPSA) is 93.6 Å². The molecule has 0 saturated carbocycles. The number of carbonyl (C=O) groups is 1. The lowest BCUT2D eigenvalue weighted by molar-refractivity contribution is -0.0291. The Balaban J connectivity index is 2.03. The summed E-state index contributed by atoms with van der Waals surface area (Å²) in [6.07, 6.45) is 1.55. The van der Waals surface area contributed by atoms with E-state index in [4.69, 9.17) is 15.6 Å². The number of rotatable bonds is 3. The van der Waals surface area contributed by atoms with Gasteiger partial charge in [-0.1, -0.05) is 0 Å². The molecular formula is C10H16N4O3. The summed E-state index contributed by atoms with van der Waals surface area (Å²) in [4.78, 5) is 12.9. The Hall–Kier alpha value is -1.60. The fraction of sp³-hybridized carbons (Fsp3) is 0.600. The van der Waals surface area contributed by atoms with Crippen LogP contribution in [0.3, 0.4) is 0 Å². The van der Waals surface area contributed by atoms with Crippen molar-refractivity contribution >= 4 is 11.7 Å². The van der Waals surface area contributed by atoms with E-state index in [2.05, 4.69) is 10.00 Å². The van der Waals surface area contributed by atoms with E-state index in [1.165, 1.54) is 10.9 Å². The average molecular weight is 240 g/mol. The number of carboxylic acids is 1. The number of nitrogens with zero attached hydrogens (tertiary/aromatic N) is 3. The van der Waals surface area contributed by atoms with Gasteiger partial charge < -0.3 is 20.5 Å². The first-order valence-corrected chi connectivity index (χ1v) is 5.42. The number of likely N-dealkylation sites (N-methyl/N-ethyl adjacent to an activating group) is 1. The van der Waals surface area contributed by atoms with E-state index in [1.807, 2.05) is 7.05 Å². The zero-order valence-electron chi connectivity index (χ0n) is 9.67. The number of ether oxygens (including phenoxy) is 1. The number of aromatic nitrogens is 2. The van der Waals surface area contributed by atoms with Crippen molar-refractivity contribution in [3.05, 3.63) is 11.9 Å². The lowest BCUT2D eigenvalue weighted by atomic mass is 10.3. The number of anilines is 1. The monoisotopic (exact) mass is 240 g/mol. The Bertz CT molecular complexity index is 418. The van der Waals surface area contributed by atoms with Crippen LogP contribution in [0.4, 0.5) is 5.69 Å². The highest BCUT2D eigenvalue weighted by Gasteiger charge is 2.20. The molecule has 2 heterocycles. The molecule has 94 valence electrons.